The molecule has 0 bridgehead atoms. The van der Waals surface area contributed by atoms with Crippen LogP contribution in [0, 0.1) is 11.8 Å². The molecule has 0 aliphatic heterocycles. The minimum atomic E-state index is 0.208. The number of hydrogen-bond acceptors (Lipinski definition) is 3. The topological polar surface area (TPSA) is 41.4 Å². The average Bonchev–Trinajstić information content (AvgIpc) is 3.02. The van der Waals surface area contributed by atoms with Gasteiger partial charge in [-0.1, -0.05) is 12.2 Å². The summed E-state index contributed by atoms with van der Waals surface area (Å²) >= 11 is 0. The molecule has 3 rings (SSSR count). The van der Waals surface area contributed by atoms with Crippen LogP contribution in [0.3, 0.4) is 0 Å². The maximum atomic E-state index is 12.7. The molecule has 0 N–H and O–H groups in total. The largest absolute Gasteiger partial charge is 0.345 e. The molecular weight excluding hydrogens is 336 g/mol. The highest BCUT2D eigenvalue weighted by atomic mass is 16.2. The number of rotatable bonds is 6. The maximum absolute atomic E-state index is 12.7. The Morgan fingerprint density at radius 1 is 1.15 bits per heavy atom. The number of aryl methyl sites for hydroxylation is 1. The molecule has 1 heterocycles. The van der Waals surface area contributed by atoms with Gasteiger partial charge < -0.3 is 9.80 Å². The highest BCUT2D eigenvalue weighted by Crippen LogP contribution is 2.36. The third-order valence-corrected chi connectivity index (χ3v) is 6.27. The normalized spacial score (nSPS) is 25.7. The second-order valence-electron chi connectivity index (χ2n) is 8.84. The fourth-order valence-electron chi connectivity index (χ4n) is 4.65. The molecule has 150 valence electrons. The van der Waals surface area contributed by atoms with Crippen molar-refractivity contribution >= 4 is 5.91 Å². The Kier molecular flexibility index (Phi) is 6.74. The zero-order valence-electron chi connectivity index (χ0n) is 17.5. The van der Waals surface area contributed by atoms with Crippen LogP contribution in [0.15, 0.2) is 18.2 Å². The van der Waals surface area contributed by atoms with Crippen molar-refractivity contribution in [2.75, 3.05) is 27.7 Å². The zero-order chi connectivity index (χ0) is 19.4. The molecule has 1 aromatic heterocycles. The third kappa shape index (κ3) is 5.22. The van der Waals surface area contributed by atoms with E-state index in [0.717, 1.165) is 32.4 Å². The predicted molar refractivity (Wildman–Crippen MR) is 109 cm³/mol. The molecular formula is C22H36N4O. The minimum Gasteiger partial charge on any atom is -0.345 e. The molecule has 5 nitrogen and oxygen atoms in total. The molecule has 0 radical (unpaired) electrons. The van der Waals surface area contributed by atoms with Gasteiger partial charge in [-0.2, -0.15) is 5.10 Å². The van der Waals surface area contributed by atoms with Gasteiger partial charge in [-0.3, -0.25) is 9.48 Å². The fraction of sp³-hybridized carbons (Fsp3) is 0.727. The van der Waals surface area contributed by atoms with Gasteiger partial charge in [0, 0.05) is 39.0 Å². The van der Waals surface area contributed by atoms with Gasteiger partial charge in [-0.05, 0) is 71.0 Å². The lowest BCUT2D eigenvalue weighted by Gasteiger charge is -2.32. The first kappa shape index (κ1) is 20.1. The first-order valence-electron chi connectivity index (χ1n) is 10.5. The second-order valence-corrected chi connectivity index (χ2v) is 8.84. The summed E-state index contributed by atoms with van der Waals surface area (Å²) in [4.78, 5) is 16.9. The quantitative estimate of drug-likeness (QED) is 0.717. The van der Waals surface area contributed by atoms with E-state index in [0.29, 0.717) is 17.7 Å². The van der Waals surface area contributed by atoms with E-state index in [1.54, 1.807) is 0 Å². The van der Waals surface area contributed by atoms with Crippen molar-refractivity contribution < 1.29 is 4.79 Å². The SMILES string of the molecule is CN(C)Cc1cc(C2CCC(CN(C)C(=O)C3CC=CCC3)CC2)nn1C. The van der Waals surface area contributed by atoms with Gasteiger partial charge in [0.15, 0.2) is 0 Å². The van der Waals surface area contributed by atoms with Crippen LogP contribution in [0.1, 0.15) is 62.3 Å². The standard InChI is InChI=1S/C22H36N4O/c1-24(2)16-20-14-21(23-26(20)4)18-12-10-17(11-13-18)15-25(3)22(27)19-8-6-5-7-9-19/h5-6,14,17-19H,7-13,15-16H2,1-4H3. The summed E-state index contributed by atoms with van der Waals surface area (Å²) in [6, 6.07) is 2.29. The smallest absolute Gasteiger partial charge is 0.225 e. The Balaban J connectivity index is 1.48. The molecule has 1 aromatic rings. The maximum Gasteiger partial charge on any atom is 0.225 e. The minimum absolute atomic E-state index is 0.208. The average molecular weight is 373 g/mol. The molecule has 1 atom stereocenters. The number of allylic oxidation sites excluding steroid dienone is 2. The van der Waals surface area contributed by atoms with Crippen molar-refractivity contribution in [3.05, 3.63) is 29.6 Å². The van der Waals surface area contributed by atoms with Gasteiger partial charge in [-0.25, -0.2) is 0 Å². The van der Waals surface area contributed by atoms with Gasteiger partial charge >= 0.3 is 0 Å². The Morgan fingerprint density at radius 2 is 1.89 bits per heavy atom. The van der Waals surface area contributed by atoms with Gasteiger partial charge in [0.25, 0.3) is 0 Å². The van der Waals surface area contributed by atoms with E-state index in [1.807, 2.05) is 16.6 Å². The summed E-state index contributed by atoms with van der Waals surface area (Å²) < 4.78 is 2.03. The Bertz CT molecular complexity index is 655. The molecule has 1 fully saturated rings. The van der Waals surface area contributed by atoms with Crippen molar-refractivity contribution in [2.24, 2.45) is 18.9 Å². The molecule has 0 aromatic carbocycles. The third-order valence-electron chi connectivity index (χ3n) is 6.27. The highest BCUT2D eigenvalue weighted by molar-refractivity contribution is 5.78. The summed E-state index contributed by atoms with van der Waals surface area (Å²) in [5.74, 6) is 1.77. The Morgan fingerprint density at radius 3 is 2.52 bits per heavy atom. The fourth-order valence-corrected chi connectivity index (χ4v) is 4.65. The molecule has 0 saturated heterocycles. The van der Waals surface area contributed by atoms with Crippen LogP contribution in [0.25, 0.3) is 0 Å². The number of aromatic nitrogens is 2. The Hall–Kier alpha value is -1.62. The molecule has 2 aliphatic rings. The van der Waals surface area contributed by atoms with E-state index < -0.39 is 0 Å². The van der Waals surface area contributed by atoms with Gasteiger partial charge in [0.2, 0.25) is 5.91 Å². The van der Waals surface area contributed by atoms with Crippen LogP contribution in [-0.4, -0.2) is 53.2 Å². The molecule has 2 aliphatic carbocycles. The van der Waals surface area contributed by atoms with Crippen LogP contribution >= 0.6 is 0 Å². The summed E-state index contributed by atoms with van der Waals surface area (Å²) in [6.07, 6.45) is 12.1. The van der Waals surface area contributed by atoms with Crippen LogP contribution in [-0.2, 0) is 18.4 Å². The van der Waals surface area contributed by atoms with Gasteiger partial charge in [0.05, 0.1) is 11.4 Å². The lowest BCUT2D eigenvalue weighted by atomic mass is 9.80. The lowest BCUT2D eigenvalue weighted by molar-refractivity contribution is -0.135. The van der Waals surface area contributed by atoms with Crippen molar-refractivity contribution in [3.8, 4) is 0 Å². The van der Waals surface area contributed by atoms with E-state index in [9.17, 15) is 4.79 Å². The first-order chi connectivity index (χ1) is 12.9. The molecule has 0 spiro atoms. The van der Waals surface area contributed by atoms with Gasteiger partial charge in [0.1, 0.15) is 0 Å². The highest BCUT2D eigenvalue weighted by Gasteiger charge is 2.28. The number of carbonyl (C=O) groups excluding carboxylic acids is 1. The molecule has 1 saturated carbocycles. The molecule has 1 unspecified atom stereocenters. The van der Waals surface area contributed by atoms with E-state index in [4.69, 9.17) is 5.10 Å². The molecule has 5 heteroatoms. The van der Waals surface area contributed by atoms with E-state index in [1.165, 1.54) is 37.1 Å². The lowest BCUT2D eigenvalue weighted by Crippen LogP contribution is -2.37. The van der Waals surface area contributed by atoms with E-state index in [2.05, 4.69) is 44.3 Å². The van der Waals surface area contributed by atoms with Crippen LogP contribution < -0.4 is 0 Å². The van der Waals surface area contributed by atoms with Gasteiger partial charge in [-0.15, -0.1) is 0 Å². The van der Waals surface area contributed by atoms with Crippen molar-refractivity contribution in [1.29, 1.82) is 0 Å². The van der Waals surface area contributed by atoms with E-state index >= 15 is 0 Å². The summed E-state index contributed by atoms with van der Waals surface area (Å²) in [6.45, 7) is 1.85. The summed E-state index contributed by atoms with van der Waals surface area (Å²) in [5.41, 5.74) is 2.54. The number of amides is 1. The molecule has 1 amide bonds. The Labute approximate surface area is 164 Å². The summed E-state index contributed by atoms with van der Waals surface area (Å²) in [7, 11) is 8.24. The van der Waals surface area contributed by atoms with E-state index in [-0.39, 0.29) is 5.92 Å². The summed E-state index contributed by atoms with van der Waals surface area (Å²) in [5, 5.41) is 4.78. The van der Waals surface area contributed by atoms with Crippen molar-refractivity contribution in [3.63, 3.8) is 0 Å². The second kappa shape index (κ2) is 9.05. The first-order valence-corrected chi connectivity index (χ1v) is 10.5. The monoisotopic (exact) mass is 372 g/mol. The van der Waals surface area contributed by atoms with Crippen LogP contribution in [0.4, 0.5) is 0 Å². The number of nitrogens with zero attached hydrogens (tertiary/aromatic N) is 4. The number of hydrogen-bond donors (Lipinski definition) is 0. The number of carbonyl (C=O) groups is 1. The van der Waals surface area contributed by atoms with Crippen LogP contribution in [0.5, 0.6) is 0 Å². The van der Waals surface area contributed by atoms with Crippen molar-refractivity contribution in [2.45, 2.75) is 57.4 Å². The van der Waals surface area contributed by atoms with Crippen LogP contribution in [0.2, 0.25) is 0 Å². The predicted octanol–water partition coefficient (Wildman–Crippen LogP) is 3.57. The molecule has 27 heavy (non-hydrogen) atoms. The van der Waals surface area contributed by atoms with Crippen molar-refractivity contribution in [1.82, 2.24) is 19.6 Å². The zero-order valence-corrected chi connectivity index (χ0v) is 17.5.